The van der Waals surface area contributed by atoms with Gasteiger partial charge in [0.25, 0.3) is 0 Å². The Morgan fingerprint density at radius 1 is 1.38 bits per heavy atom. The lowest BCUT2D eigenvalue weighted by molar-refractivity contribution is 0.446. The van der Waals surface area contributed by atoms with Gasteiger partial charge in [0.05, 0.1) is 0 Å². The average Bonchev–Trinajstić information content (AvgIpc) is 2.12. The molecule has 1 atom stereocenters. The molecule has 0 bridgehead atoms. The van der Waals surface area contributed by atoms with E-state index < -0.39 is 0 Å². The van der Waals surface area contributed by atoms with E-state index in [9.17, 15) is 0 Å². The third-order valence-electron chi connectivity index (χ3n) is 2.55. The van der Waals surface area contributed by atoms with Crippen LogP contribution in [0.2, 0.25) is 0 Å². The van der Waals surface area contributed by atoms with E-state index in [4.69, 9.17) is 0 Å². The first-order valence-electron chi connectivity index (χ1n) is 5.52. The zero-order chi connectivity index (χ0) is 10.1. The van der Waals surface area contributed by atoms with Crippen molar-refractivity contribution < 1.29 is 0 Å². The molecule has 0 N–H and O–H groups in total. The van der Waals surface area contributed by atoms with Gasteiger partial charge in [-0.1, -0.05) is 57.8 Å². The summed E-state index contributed by atoms with van der Waals surface area (Å²) in [5.74, 6) is 0.854. The maximum Gasteiger partial charge on any atom is -0.0144 e. The minimum atomic E-state index is 0.854. The Morgan fingerprint density at radius 2 is 2.08 bits per heavy atom. The Balaban J connectivity index is 3.68. The molecule has 0 aliphatic rings. The number of rotatable bonds is 8. The van der Waals surface area contributed by atoms with Crippen molar-refractivity contribution in [3.05, 3.63) is 24.8 Å². The zero-order valence-electron chi connectivity index (χ0n) is 9.31. The Labute approximate surface area is 83.7 Å². The molecule has 0 amide bonds. The molecule has 76 valence electrons. The highest BCUT2D eigenvalue weighted by molar-refractivity contribution is 5.00. The van der Waals surface area contributed by atoms with Crippen molar-refractivity contribution in [3.8, 4) is 0 Å². The van der Waals surface area contributed by atoms with Gasteiger partial charge in [-0.15, -0.1) is 6.58 Å². The summed E-state index contributed by atoms with van der Waals surface area (Å²) in [5.41, 5.74) is 1.35. The molecule has 0 spiro atoms. The standard InChI is InChI=1S/C13H24/c1-5-8-10-13(7-3)11-12(4)9-6-2/h6,13H,2,4-5,7-11H2,1,3H3. The van der Waals surface area contributed by atoms with E-state index in [1.165, 1.54) is 37.7 Å². The number of allylic oxidation sites excluding steroid dienone is 2. The third kappa shape index (κ3) is 6.62. The van der Waals surface area contributed by atoms with Crippen molar-refractivity contribution in [2.45, 2.75) is 52.4 Å². The maximum atomic E-state index is 4.07. The fourth-order valence-corrected chi connectivity index (χ4v) is 1.64. The predicted molar refractivity (Wildman–Crippen MR) is 61.9 cm³/mol. The van der Waals surface area contributed by atoms with Crippen LogP contribution in [0.25, 0.3) is 0 Å². The molecule has 0 saturated carbocycles. The molecule has 0 aromatic heterocycles. The van der Waals surface area contributed by atoms with Crippen LogP contribution in [0.1, 0.15) is 52.4 Å². The molecular formula is C13H24. The highest BCUT2D eigenvalue weighted by Gasteiger charge is 2.06. The van der Waals surface area contributed by atoms with E-state index in [2.05, 4.69) is 27.0 Å². The largest absolute Gasteiger partial charge is 0.103 e. The van der Waals surface area contributed by atoms with Gasteiger partial charge in [0.15, 0.2) is 0 Å². The van der Waals surface area contributed by atoms with Crippen molar-refractivity contribution in [2.24, 2.45) is 5.92 Å². The summed E-state index contributed by atoms with van der Waals surface area (Å²) in [7, 11) is 0. The van der Waals surface area contributed by atoms with Gasteiger partial charge in [0, 0.05) is 0 Å². The first kappa shape index (κ1) is 12.5. The van der Waals surface area contributed by atoms with Crippen LogP contribution in [0, 0.1) is 5.92 Å². The minimum Gasteiger partial charge on any atom is -0.103 e. The minimum absolute atomic E-state index is 0.854. The summed E-state index contributed by atoms with van der Waals surface area (Å²) in [6.07, 6.45) is 9.46. The molecule has 0 saturated heterocycles. The molecule has 0 aliphatic carbocycles. The Hall–Kier alpha value is -0.520. The molecule has 0 nitrogen and oxygen atoms in total. The molecule has 0 heteroatoms. The van der Waals surface area contributed by atoms with Crippen molar-refractivity contribution in [1.82, 2.24) is 0 Å². The van der Waals surface area contributed by atoms with Crippen LogP contribution in [0.15, 0.2) is 24.8 Å². The van der Waals surface area contributed by atoms with Gasteiger partial charge in [0.2, 0.25) is 0 Å². The predicted octanol–water partition coefficient (Wildman–Crippen LogP) is 4.73. The van der Waals surface area contributed by atoms with Gasteiger partial charge in [0.1, 0.15) is 0 Å². The SMILES string of the molecule is C=CCC(=C)CC(CC)CCCC. The van der Waals surface area contributed by atoms with Gasteiger partial charge in [-0.25, -0.2) is 0 Å². The first-order chi connectivity index (χ1) is 6.24. The van der Waals surface area contributed by atoms with Gasteiger partial charge < -0.3 is 0 Å². The van der Waals surface area contributed by atoms with Crippen LogP contribution in [-0.4, -0.2) is 0 Å². The highest BCUT2D eigenvalue weighted by atomic mass is 14.1. The van der Waals surface area contributed by atoms with E-state index in [-0.39, 0.29) is 0 Å². The maximum absolute atomic E-state index is 4.07. The normalized spacial score (nSPS) is 12.5. The lowest BCUT2D eigenvalue weighted by atomic mass is 9.91. The molecule has 0 radical (unpaired) electrons. The summed E-state index contributed by atoms with van der Waals surface area (Å²) < 4.78 is 0. The average molecular weight is 180 g/mol. The third-order valence-corrected chi connectivity index (χ3v) is 2.55. The highest BCUT2D eigenvalue weighted by Crippen LogP contribution is 2.21. The summed E-state index contributed by atoms with van der Waals surface area (Å²) in [6, 6.07) is 0. The van der Waals surface area contributed by atoms with Crippen molar-refractivity contribution in [2.75, 3.05) is 0 Å². The van der Waals surface area contributed by atoms with Crippen LogP contribution in [0.4, 0.5) is 0 Å². The molecule has 1 unspecified atom stereocenters. The molecule has 0 rings (SSSR count). The topological polar surface area (TPSA) is 0 Å². The Bertz CT molecular complexity index is 144. The van der Waals surface area contributed by atoms with Gasteiger partial charge in [-0.2, -0.15) is 0 Å². The van der Waals surface area contributed by atoms with Gasteiger partial charge in [-0.05, 0) is 18.8 Å². The van der Waals surface area contributed by atoms with Crippen LogP contribution in [0.5, 0.6) is 0 Å². The van der Waals surface area contributed by atoms with Crippen LogP contribution < -0.4 is 0 Å². The zero-order valence-corrected chi connectivity index (χ0v) is 9.31. The van der Waals surface area contributed by atoms with E-state index in [1.807, 2.05) is 6.08 Å². The Morgan fingerprint density at radius 3 is 2.54 bits per heavy atom. The number of unbranched alkanes of at least 4 members (excludes halogenated alkanes) is 1. The van der Waals surface area contributed by atoms with E-state index in [0.29, 0.717) is 0 Å². The van der Waals surface area contributed by atoms with Crippen LogP contribution in [0.3, 0.4) is 0 Å². The second-order valence-corrected chi connectivity index (χ2v) is 3.86. The fourth-order valence-electron chi connectivity index (χ4n) is 1.64. The number of hydrogen-bond donors (Lipinski definition) is 0. The summed E-state index contributed by atoms with van der Waals surface area (Å²) >= 11 is 0. The van der Waals surface area contributed by atoms with E-state index >= 15 is 0 Å². The van der Waals surface area contributed by atoms with E-state index in [0.717, 1.165) is 12.3 Å². The Kier molecular flexibility index (Phi) is 7.77. The summed E-state index contributed by atoms with van der Waals surface area (Å²) in [6.45, 7) is 12.3. The second-order valence-electron chi connectivity index (χ2n) is 3.86. The summed E-state index contributed by atoms with van der Waals surface area (Å²) in [4.78, 5) is 0. The molecule has 0 fully saturated rings. The lowest BCUT2D eigenvalue weighted by Gasteiger charge is -2.14. The summed E-state index contributed by atoms with van der Waals surface area (Å²) in [5, 5.41) is 0. The van der Waals surface area contributed by atoms with Crippen LogP contribution in [-0.2, 0) is 0 Å². The molecule has 13 heavy (non-hydrogen) atoms. The van der Waals surface area contributed by atoms with Crippen LogP contribution >= 0.6 is 0 Å². The second kappa shape index (κ2) is 8.10. The smallest absolute Gasteiger partial charge is 0.0144 e. The molecule has 0 aromatic rings. The monoisotopic (exact) mass is 180 g/mol. The molecule has 0 heterocycles. The van der Waals surface area contributed by atoms with Crippen molar-refractivity contribution in [1.29, 1.82) is 0 Å². The fraction of sp³-hybridized carbons (Fsp3) is 0.692. The lowest BCUT2D eigenvalue weighted by Crippen LogP contribution is -2.00. The van der Waals surface area contributed by atoms with Gasteiger partial charge >= 0.3 is 0 Å². The number of hydrogen-bond acceptors (Lipinski definition) is 0. The molecule has 0 aliphatic heterocycles. The molecule has 0 aromatic carbocycles. The van der Waals surface area contributed by atoms with Crippen molar-refractivity contribution in [3.63, 3.8) is 0 Å². The van der Waals surface area contributed by atoms with Crippen molar-refractivity contribution >= 4 is 0 Å². The molecular weight excluding hydrogens is 156 g/mol. The first-order valence-corrected chi connectivity index (χ1v) is 5.52. The van der Waals surface area contributed by atoms with E-state index in [1.54, 1.807) is 0 Å². The quantitative estimate of drug-likeness (QED) is 0.474. The van der Waals surface area contributed by atoms with Gasteiger partial charge in [-0.3, -0.25) is 0 Å².